The number of benzene rings is 3. The Kier molecular flexibility index (Phi) is 6.90. The molecule has 0 atom stereocenters. The summed E-state index contributed by atoms with van der Waals surface area (Å²) in [5, 5.41) is 9.89. The van der Waals surface area contributed by atoms with Gasteiger partial charge in [-0.15, -0.1) is 0 Å². The number of rotatable bonds is 7. The fourth-order valence-electron chi connectivity index (χ4n) is 2.70. The van der Waals surface area contributed by atoms with E-state index in [1.54, 1.807) is 30.3 Å². The first kappa shape index (κ1) is 22.7. The quantitative estimate of drug-likeness (QED) is 0.350. The first-order chi connectivity index (χ1) is 14.7. The Balaban J connectivity index is 1.81. The molecule has 0 unspecified atom stereocenters. The number of methoxy groups -OCH3 is 1. The summed E-state index contributed by atoms with van der Waals surface area (Å²) in [4.78, 5) is 12.4. The molecule has 0 spiro atoms. The number of carbonyl (C=O) groups excluding carboxylic acids is 1. The summed E-state index contributed by atoms with van der Waals surface area (Å²) in [6.07, 6.45) is 2.90. The zero-order chi connectivity index (χ0) is 22.6. The number of ketones is 1. The number of phenols is 1. The summed E-state index contributed by atoms with van der Waals surface area (Å²) in [7, 11) is -2.58. The predicted octanol–water partition coefficient (Wildman–Crippen LogP) is 5.40. The van der Waals surface area contributed by atoms with E-state index in [9.17, 15) is 18.3 Å². The Hall–Kier alpha value is -3.00. The Labute approximate surface area is 189 Å². The van der Waals surface area contributed by atoms with Crippen molar-refractivity contribution in [1.29, 1.82) is 0 Å². The maximum Gasteiger partial charge on any atom is 0.263 e. The largest absolute Gasteiger partial charge is 0.504 e. The third kappa shape index (κ3) is 5.58. The van der Waals surface area contributed by atoms with Gasteiger partial charge >= 0.3 is 0 Å². The molecule has 0 saturated carbocycles. The molecule has 160 valence electrons. The van der Waals surface area contributed by atoms with Gasteiger partial charge in [-0.3, -0.25) is 9.52 Å². The van der Waals surface area contributed by atoms with Gasteiger partial charge in [-0.05, 0) is 54.1 Å². The van der Waals surface area contributed by atoms with E-state index in [-0.39, 0.29) is 43.5 Å². The number of carbonyl (C=O) groups is 1. The van der Waals surface area contributed by atoms with Crippen LogP contribution in [-0.4, -0.2) is 26.4 Å². The number of aromatic hydroxyl groups is 1. The van der Waals surface area contributed by atoms with Gasteiger partial charge in [0.1, 0.15) is 4.90 Å². The lowest BCUT2D eigenvalue weighted by Crippen LogP contribution is -2.14. The van der Waals surface area contributed by atoms with Crippen molar-refractivity contribution in [3.63, 3.8) is 0 Å². The zero-order valence-corrected chi connectivity index (χ0v) is 18.5. The minimum Gasteiger partial charge on any atom is -0.504 e. The highest BCUT2D eigenvalue weighted by Gasteiger charge is 2.19. The molecule has 6 nitrogen and oxygen atoms in total. The van der Waals surface area contributed by atoms with Crippen LogP contribution in [0.4, 0.5) is 5.69 Å². The van der Waals surface area contributed by atoms with Crippen LogP contribution in [0.3, 0.4) is 0 Å². The smallest absolute Gasteiger partial charge is 0.263 e. The van der Waals surface area contributed by atoms with Gasteiger partial charge in [-0.2, -0.15) is 0 Å². The SMILES string of the molecule is COc1cc(/C=C/C(=O)c2cccc(NS(=O)(=O)c3cc(Cl)ccc3Cl)c2)ccc1O. The highest BCUT2D eigenvalue weighted by Crippen LogP contribution is 2.28. The molecule has 0 fully saturated rings. The monoisotopic (exact) mass is 477 g/mol. The Bertz CT molecular complexity index is 1270. The minimum atomic E-state index is -4.01. The van der Waals surface area contributed by atoms with Crippen LogP contribution in [0.25, 0.3) is 6.08 Å². The van der Waals surface area contributed by atoms with E-state index in [0.29, 0.717) is 5.56 Å². The molecular weight excluding hydrogens is 461 g/mol. The second kappa shape index (κ2) is 9.43. The summed E-state index contributed by atoms with van der Waals surface area (Å²) < 4.78 is 32.8. The minimum absolute atomic E-state index is 0.00855. The lowest BCUT2D eigenvalue weighted by atomic mass is 10.1. The molecule has 0 saturated heterocycles. The standard InChI is InChI=1S/C22H17Cl2NO5S/c1-30-21-11-14(6-10-20(21)27)5-9-19(26)15-3-2-4-17(12-15)25-31(28,29)22-13-16(23)7-8-18(22)24/h2-13,25,27H,1H3/b9-5+. The molecule has 31 heavy (non-hydrogen) atoms. The number of nitrogens with one attached hydrogen (secondary N) is 1. The number of anilines is 1. The Morgan fingerprint density at radius 3 is 2.58 bits per heavy atom. The van der Waals surface area contributed by atoms with E-state index in [1.165, 1.54) is 49.6 Å². The maximum atomic E-state index is 12.7. The first-order valence-corrected chi connectivity index (χ1v) is 11.1. The molecular formula is C22H17Cl2NO5S. The third-order valence-electron chi connectivity index (χ3n) is 4.21. The number of sulfonamides is 1. The van der Waals surface area contributed by atoms with Gasteiger partial charge in [0.05, 0.1) is 12.1 Å². The second-order valence-corrected chi connectivity index (χ2v) is 8.88. The molecule has 3 aromatic rings. The number of hydrogen-bond acceptors (Lipinski definition) is 5. The Morgan fingerprint density at radius 2 is 1.84 bits per heavy atom. The third-order valence-corrected chi connectivity index (χ3v) is 6.31. The van der Waals surface area contributed by atoms with E-state index in [4.69, 9.17) is 27.9 Å². The molecule has 9 heteroatoms. The molecule has 0 aromatic heterocycles. The number of ether oxygens (including phenoxy) is 1. The van der Waals surface area contributed by atoms with Crippen LogP contribution >= 0.6 is 23.2 Å². The molecule has 0 heterocycles. The zero-order valence-electron chi connectivity index (χ0n) is 16.2. The van der Waals surface area contributed by atoms with E-state index in [2.05, 4.69) is 4.72 Å². The number of phenolic OH excluding ortho intramolecular Hbond substituents is 1. The van der Waals surface area contributed by atoms with Crippen molar-refractivity contribution in [2.24, 2.45) is 0 Å². The highest BCUT2D eigenvalue weighted by atomic mass is 35.5. The van der Waals surface area contributed by atoms with Crippen LogP contribution in [0, 0.1) is 0 Å². The van der Waals surface area contributed by atoms with E-state index < -0.39 is 10.0 Å². The van der Waals surface area contributed by atoms with Gasteiger partial charge in [0.2, 0.25) is 0 Å². The molecule has 2 N–H and O–H groups in total. The van der Waals surface area contributed by atoms with Crippen molar-refractivity contribution in [1.82, 2.24) is 0 Å². The summed E-state index contributed by atoms with van der Waals surface area (Å²) in [5.41, 5.74) is 1.12. The average Bonchev–Trinajstić information content (AvgIpc) is 2.74. The van der Waals surface area contributed by atoms with Crippen LogP contribution in [0.2, 0.25) is 10.0 Å². The van der Waals surface area contributed by atoms with Crippen LogP contribution in [-0.2, 0) is 10.0 Å². The van der Waals surface area contributed by atoms with Crippen LogP contribution < -0.4 is 9.46 Å². The fourth-order valence-corrected chi connectivity index (χ4v) is 4.51. The van der Waals surface area contributed by atoms with Crippen molar-refractivity contribution in [3.05, 3.63) is 87.9 Å². The summed E-state index contributed by atoms with van der Waals surface area (Å²) in [6, 6.07) is 14.8. The van der Waals surface area contributed by atoms with E-state index in [0.717, 1.165) is 0 Å². The van der Waals surface area contributed by atoms with Crippen molar-refractivity contribution in [3.8, 4) is 11.5 Å². The normalized spacial score (nSPS) is 11.5. The lowest BCUT2D eigenvalue weighted by Gasteiger charge is -2.10. The topological polar surface area (TPSA) is 92.7 Å². The van der Waals surface area contributed by atoms with Crippen LogP contribution in [0.1, 0.15) is 15.9 Å². The molecule has 0 radical (unpaired) electrons. The lowest BCUT2D eigenvalue weighted by molar-refractivity contribution is 0.104. The molecule has 3 aromatic carbocycles. The molecule has 0 aliphatic rings. The number of hydrogen-bond donors (Lipinski definition) is 2. The van der Waals surface area contributed by atoms with E-state index >= 15 is 0 Å². The molecule has 0 amide bonds. The van der Waals surface area contributed by atoms with Gasteiger partial charge < -0.3 is 9.84 Å². The summed E-state index contributed by atoms with van der Waals surface area (Å²) in [5.74, 6) is -0.0645. The van der Waals surface area contributed by atoms with Gasteiger partial charge in [-0.1, -0.05) is 47.5 Å². The molecule has 0 bridgehead atoms. The van der Waals surface area contributed by atoms with Gasteiger partial charge in [-0.25, -0.2) is 8.42 Å². The summed E-state index contributed by atoms with van der Waals surface area (Å²) in [6.45, 7) is 0. The fraction of sp³-hybridized carbons (Fsp3) is 0.0455. The van der Waals surface area contributed by atoms with Crippen LogP contribution in [0.5, 0.6) is 11.5 Å². The molecule has 0 aliphatic carbocycles. The van der Waals surface area contributed by atoms with Crippen molar-refractivity contribution < 1.29 is 23.1 Å². The van der Waals surface area contributed by atoms with Gasteiger partial charge in [0, 0.05) is 16.3 Å². The Morgan fingerprint density at radius 1 is 1.06 bits per heavy atom. The first-order valence-electron chi connectivity index (χ1n) is 8.87. The maximum absolute atomic E-state index is 12.7. The second-order valence-electron chi connectivity index (χ2n) is 6.39. The van der Waals surface area contributed by atoms with Crippen molar-refractivity contribution in [2.45, 2.75) is 4.90 Å². The molecule has 3 rings (SSSR count). The predicted molar refractivity (Wildman–Crippen MR) is 122 cm³/mol. The summed E-state index contributed by atoms with van der Waals surface area (Å²) >= 11 is 11.9. The average molecular weight is 478 g/mol. The number of allylic oxidation sites excluding steroid dienone is 1. The molecule has 0 aliphatic heterocycles. The highest BCUT2D eigenvalue weighted by molar-refractivity contribution is 7.92. The van der Waals surface area contributed by atoms with Crippen LogP contribution in [0.15, 0.2) is 71.6 Å². The van der Waals surface area contributed by atoms with Crippen molar-refractivity contribution in [2.75, 3.05) is 11.8 Å². The number of halogens is 2. The van der Waals surface area contributed by atoms with Gasteiger partial charge in [0.15, 0.2) is 17.3 Å². The van der Waals surface area contributed by atoms with Gasteiger partial charge in [0.25, 0.3) is 10.0 Å². The van der Waals surface area contributed by atoms with Crippen molar-refractivity contribution >= 4 is 50.8 Å². The van der Waals surface area contributed by atoms with E-state index in [1.807, 2.05) is 0 Å².